The average molecular weight is 434 g/mol. The molecule has 2 aromatic carbocycles. The Hall–Kier alpha value is -3.10. The summed E-state index contributed by atoms with van der Waals surface area (Å²) in [5, 5.41) is 2.95. The van der Waals surface area contributed by atoms with Gasteiger partial charge in [0.15, 0.2) is 11.7 Å². The highest BCUT2D eigenvalue weighted by Crippen LogP contribution is 2.21. The summed E-state index contributed by atoms with van der Waals surface area (Å²) in [4.78, 5) is 23.7. The highest BCUT2D eigenvalue weighted by atomic mass is 35.5. The molecule has 29 heavy (non-hydrogen) atoms. The lowest BCUT2D eigenvalue weighted by Crippen LogP contribution is -2.49. The summed E-state index contributed by atoms with van der Waals surface area (Å²) in [6.07, 6.45) is 2.95. The monoisotopic (exact) mass is 433 g/mol. The zero-order valence-electron chi connectivity index (χ0n) is 15.8. The number of hydrazine groups is 1. The van der Waals surface area contributed by atoms with Crippen LogP contribution in [0.3, 0.4) is 0 Å². The summed E-state index contributed by atoms with van der Waals surface area (Å²) in [6.45, 7) is 1.59. The molecule has 0 aliphatic rings. The average Bonchev–Trinajstić information content (AvgIpc) is 2.70. The van der Waals surface area contributed by atoms with Crippen LogP contribution in [0.5, 0.6) is 11.5 Å². The van der Waals surface area contributed by atoms with Crippen LogP contribution in [-0.4, -0.2) is 30.6 Å². The molecule has 9 heteroatoms. The zero-order valence-corrected chi connectivity index (χ0v) is 17.4. The van der Waals surface area contributed by atoms with Crippen LogP contribution in [0.4, 0.5) is 0 Å². The Balaban J connectivity index is 1.71. The van der Waals surface area contributed by atoms with Crippen molar-refractivity contribution in [3.8, 4) is 11.5 Å². The van der Waals surface area contributed by atoms with Gasteiger partial charge in [-0.2, -0.15) is 0 Å². The Labute approximate surface area is 179 Å². The Morgan fingerprint density at radius 1 is 1.14 bits per heavy atom. The molecule has 0 aliphatic heterocycles. The number of amides is 2. The summed E-state index contributed by atoms with van der Waals surface area (Å²) >= 11 is 10.8. The second-order valence-corrected chi connectivity index (χ2v) is 6.64. The molecule has 0 saturated carbocycles. The normalized spacial score (nSPS) is 10.3. The first kappa shape index (κ1) is 22.2. The molecule has 7 nitrogen and oxygen atoms in total. The highest BCUT2D eigenvalue weighted by molar-refractivity contribution is 7.80. The summed E-state index contributed by atoms with van der Waals surface area (Å²) in [7, 11) is 1.58. The Bertz CT molecular complexity index is 916. The molecule has 0 bridgehead atoms. The number of aryl methyl sites for hydroxylation is 1. The van der Waals surface area contributed by atoms with Crippen molar-refractivity contribution >= 4 is 46.8 Å². The van der Waals surface area contributed by atoms with Crippen LogP contribution >= 0.6 is 23.8 Å². The van der Waals surface area contributed by atoms with E-state index in [9.17, 15) is 9.59 Å². The van der Waals surface area contributed by atoms with Gasteiger partial charge in [-0.1, -0.05) is 23.7 Å². The molecular weight excluding hydrogens is 414 g/mol. The number of rotatable bonds is 6. The predicted molar refractivity (Wildman–Crippen MR) is 116 cm³/mol. The van der Waals surface area contributed by atoms with Crippen LogP contribution in [0, 0.1) is 6.92 Å². The van der Waals surface area contributed by atoms with Crippen molar-refractivity contribution in [1.82, 2.24) is 16.2 Å². The molecule has 0 aliphatic carbocycles. The molecule has 152 valence electrons. The minimum absolute atomic E-state index is 0.0506. The molecule has 2 amide bonds. The van der Waals surface area contributed by atoms with E-state index in [1.807, 2.05) is 19.1 Å². The van der Waals surface area contributed by atoms with Crippen LogP contribution in [0.2, 0.25) is 5.02 Å². The number of nitrogens with one attached hydrogen (secondary N) is 3. The largest absolute Gasteiger partial charge is 0.497 e. The van der Waals surface area contributed by atoms with Crippen LogP contribution in [0.1, 0.15) is 11.1 Å². The van der Waals surface area contributed by atoms with Gasteiger partial charge in [0, 0.05) is 11.1 Å². The Morgan fingerprint density at radius 3 is 2.52 bits per heavy atom. The number of hydrogen-bond acceptors (Lipinski definition) is 5. The number of hydrogen-bond donors (Lipinski definition) is 3. The third-order valence-electron chi connectivity index (χ3n) is 3.59. The minimum Gasteiger partial charge on any atom is -0.497 e. The molecule has 3 N–H and O–H groups in total. The van der Waals surface area contributed by atoms with Gasteiger partial charge >= 0.3 is 0 Å². The van der Waals surface area contributed by atoms with Gasteiger partial charge in [0.25, 0.3) is 5.91 Å². The van der Waals surface area contributed by atoms with E-state index in [1.165, 1.54) is 6.08 Å². The summed E-state index contributed by atoms with van der Waals surface area (Å²) < 4.78 is 10.5. The number of thiocarbonyl (C=S) groups is 1. The maximum Gasteiger partial charge on any atom is 0.276 e. The van der Waals surface area contributed by atoms with Crippen molar-refractivity contribution < 1.29 is 19.1 Å². The van der Waals surface area contributed by atoms with E-state index in [2.05, 4.69) is 16.2 Å². The first-order valence-electron chi connectivity index (χ1n) is 8.48. The Morgan fingerprint density at radius 2 is 1.86 bits per heavy atom. The number of methoxy groups -OCH3 is 1. The van der Waals surface area contributed by atoms with Gasteiger partial charge in [-0.25, -0.2) is 0 Å². The number of carbonyl (C=O) groups excluding carboxylic acids is 2. The molecule has 0 radical (unpaired) electrons. The van der Waals surface area contributed by atoms with E-state index in [0.717, 1.165) is 16.9 Å². The van der Waals surface area contributed by atoms with E-state index in [4.69, 9.17) is 33.3 Å². The molecular formula is C20H20ClN3O4S. The van der Waals surface area contributed by atoms with Gasteiger partial charge in [0.1, 0.15) is 11.5 Å². The van der Waals surface area contributed by atoms with Gasteiger partial charge < -0.3 is 9.47 Å². The summed E-state index contributed by atoms with van der Waals surface area (Å²) in [5.41, 5.74) is 6.41. The van der Waals surface area contributed by atoms with Crippen LogP contribution in [-0.2, 0) is 9.59 Å². The standard InChI is InChI=1S/C20H20ClN3O4S/c1-13-11-15(21)6-9-17(13)28-12-19(26)23-24-20(29)22-18(25)10-5-14-3-7-16(27-2)8-4-14/h3-11H,12H2,1-2H3,(H,23,26)(H2,22,24,25,29)/b10-5+. The molecule has 0 aromatic heterocycles. The second kappa shape index (κ2) is 11.0. The maximum atomic E-state index is 11.9. The molecule has 0 atom stereocenters. The number of ether oxygens (including phenoxy) is 2. The van der Waals surface area contributed by atoms with Gasteiger partial charge in [-0.3, -0.25) is 25.8 Å². The lowest BCUT2D eigenvalue weighted by Gasteiger charge is -2.11. The van der Waals surface area contributed by atoms with E-state index < -0.39 is 11.8 Å². The fourth-order valence-corrected chi connectivity index (χ4v) is 2.53. The SMILES string of the molecule is COc1ccc(/C=C/C(=O)NC(=S)NNC(=O)COc2ccc(Cl)cc2C)cc1. The first-order chi connectivity index (χ1) is 13.9. The first-order valence-corrected chi connectivity index (χ1v) is 9.27. The molecule has 2 aromatic rings. The van der Waals surface area contributed by atoms with E-state index >= 15 is 0 Å². The quantitative estimate of drug-likeness (QED) is 0.369. The fraction of sp³-hybridized carbons (Fsp3) is 0.150. The van der Waals surface area contributed by atoms with Crippen LogP contribution in [0.15, 0.2) is 48.5 Å². The van der Waals surface area contributed by atoms with Gasteiger partial charge in [-0.05, 0) is 66.7 Å². The number of halogens is 1. The minimum atomic E-state index is -0.468. The van der Waals surface area contributed by atoms with Crippen LogP contribution < -0.4 is 25.6 Å². The molecule has 0 spiro atoms. The second-order valence-electron chi connectivity index (χ2n) is 5.80. The maximum absolute atomic E-state index is 11.9. The van der Waals surface area contributed by atoms with Crippen molar-refractivity contribution in [3.05, 3.63) is 64.7 Å². The smallest absolute Gasteiger partial charge is 0.276 e. The van der Waals surface area contributed by atoms with Crippen molar-refractivity contribution in [2.45, 2.75) is 6.92 Å². The van der Waals surface area contributed by atoms with E-state index in [1.54, 1.807) is 43.5 Å². The molecule has 0 unspecified atom stereocenters. The summed E-state index contributed by atoms with van der Waals surface area (Å²) in [5.74, 6) is 0.359. The topological polar surface area (TPSA) is 88.7 Å². The van der Waals surface area contributed by atoms with Crippen molar-refractivity contribution in [3.63, 3.8) is 0 Å². The molecule has 2 rings (SSSR count). The highest BCUT2D eigenvalue weighted by Gasteiger charge is 2.07. The number of benzene rings is 2. The van der Waals surface area contributed by atoms with Gasteiger partial charge in [0.2, 0.25) is 5.91 Å². The van der Waals surface area contributed by atoms with Gasteiger partial charge in [-0.15, -0.1) is 0 Å². The Kier molecular flexibility index (Phi) is 8.45. The molecule has 0 heterocycles. The van der Waals surface area contributed by atoms with Crippen molar-refractivity contribution in [2.24, 2.45) is 0 Å². The van der Waals surface area contributed by atoms with Crippen LogP contribution in [0.25, 0.3) is 6.08 Å². The van der Waals surface area contributed by atoms with Crippen molar-refractivity contribution in [2.75, 3.05) is 13.7 Å². The third-order valence-corrected chi connectivity index (χ3v) is 4.03. The zero-order chi connectivity index (χ0) is 21.2. The van der Waals surface area contributed by atoms with E-state index in [-0.39, 0.29) is 11.7 Å². The van der Waals surface area contributed by atoms with Crippen molar-refractivity contribution in [1.29, 1.82) is 0 Å². The molecule has 0 fully saturated rings. The third kappa shape index (κ3) is 7.81. The lowest BCUT2D eigenvalue weighted by atomic mass is 10.2. The fourth-order valence-electron chi connectivity index (χ4n) is 2.15. The summed E-state index contributed by atoms with van der Waals surface area (Å²) in [6, 6.07) is 12.3. The van der Waals surface area contributed by atoms with Gasteiger partial charge in [0.05, 0.1) is 7.11 Å². The lowest BCUT2D eigenvalue weighted by molar-refractivity contribution is -0.123. The molecule has 0 saturated heterocycles. The predicted octanol–water partition coefficient (Wildman–Crippen LogP) is 2.77. The van der Waals surface area contributed by atoms with E-state index in [0.29, 0.717) is 10.8 Å². The number of carbonyl (C=O) groups is 2.